The van der Waals surface area contributed by atoms with Crippen LogP contribution >= 0.6 is 11.6 Å². The Balaban J connectivity index is 1.52. The smallest absolute Gasteiger partial charge is 0.340 e. The fourth-order valence-corrected chi connectivity index (χ4v) is 3.58. The lowest BCUT2D eigenvalue weighted by molar-refractivity contribution is -0.136. The first-order valence-corrected chi connectivity index (χ1v) is 10.1. The van der Waals surface area contributed by atoms with Crippen LogP contribution in [0.1, 0.15) is 34.1 Å². The fraction of sp³-hybridized carbons (Fsp3) is 0.174. The monoisotopic (exact) mass is 474 g/mol. The Morgan fingerprint density at radius 1 is 1.18 bits per heavy atom. The molecule has 1 unspecified atom stereocenters. The van der Waals surface area contributed by atoms with Crippen LogP contribution in [-0.4, -0.2) is 36.3 Å². The highest BCUT2D eigenvalue weighted by Gasteiger charge is 2.35. The van der Waals surface area contributed by atoms with Crippen molar-refractivity contribution in [3.8, 4) is 5.75 Å². The molecule has 4 rings (SSSR count). The van der Waals surface area contributed by atoms with Crippen LogP contribution in [0.2, 0.25) is 5.02 Å². The van der Waals surface area contributed by atoms with E-state index in [0.29, 0.717) is 35.8 Å². The standard InChI is InChI=1S/C23H17ClF2N2O5/c1-31-14-6-4-13(5-7-14)19-11-20(21-3-2-8-32-21)28(27-19)22(29)12-33-23(30)15-9-17(25)18(26)10-16(15)24/h2-10,20H,11-12H2,1H3. The lowest BCUT2D eigenvalue weighted by Gasteiger charge is -2.19. The van der Waals surface area contributed by atoms with Gasteiger partial charge in [0.05, 0.1) is 29.7 Å². The Hall–Kier alpha value is -3.72. The first-order valence-electron chi connectivity index (χ1n) is 9.76. The number of halogens is 3. The van der Waals surface area contributed by atoms with Crippen molar-refractivity contribution in [3.05, 3.63) is 88.3 Å². The number of carbonyl (C=O) groups excluding carboxylic acids is 2. The maximum Gasteiger partial charge on any atom is 0.340 e. The number of amides is 1. The molecule has 0 bridgehead atoms. The van der Waals surface area contributed by atoms with Crippen LogP contribution in [0.25, 0.3) is 0 Å². The third-order valence-corrected chi connectivity index (χ3v) is 5.33. The van der Waals surface area contributed by atoms with Crippen LogP contribution in [0.5, 0.6) is 5.75 Å². The van der Waals surface area contributed by atoms with Gasteiger partial charge < -0.3 is 13.9 Å². The minimum atomic E-state index is -1.26. The average Bonchev–Trinajstić information content (AvgIpc) is 3.50. The SMILES string of the molecule is COc1ccc(C2=NN(C(=O)COC(=O)c3cc(F)c(F)cc3Cl)C(c3ccco3)C2)cc1. The quantitative estimate of drug-likeness (QED) is 0.380. The maximum atomic E-state index is 13.5. The second-order valence-electron chi connectivity index (χ2n) is 7.07. The summed E-state index contributed by atoms with van der Waals surface area (Å²) in [5.41, 5.74) is 1.02. The molecule has 0 N–H and O–H groups in total. The highest BCUT2D eigenvalue weighted by Crippen LogP contribution is 2.33. The molecule has 1 amide bonds. The molecule has 1 atom stereocenters. The number of rotatable bonds is 6. The van der Waals surface area contributed by atoms with E-state index >= 15 is 0 Å². The maximum absolute atomic E-state index is 13.5. The van der Waals surface area contributed by atoms with Crippen molar-refractivity contribution < 1.29 is 32.3 Å². The van der Waals surface area contributed by atoms with Gasteiger partial charge in [-0.2, -0.15) is 5.10 Å². The summed E-state index contributed by atoms with van der Waals surface area (Å²) >= 11 is 5.79. The second-order valence-corrected chi connectivity index (χ2v) is 7.48. The predicted molar refractivity (Wildman–Crippen MR) is 114 cm³/mol. The van der Waals surface area contributed by atoms with Gasteiger partial charge in [0.15, 0.2) is 18.2 Å². The summed E-state index contributed by atoms with van der Waals surface area (Å²) in [6, 6.07) is 11.3. The normalized spacial score (nSPS) is 15.3. The Labute approximate surface area is 192 Å². The molecule has 0 saturated heterocycles. The number of nitrogens with zero attached hydrogens (tertiary/aromatic N) is 2. The van der Waals surface area contributed by atoms with Crippen molar-refractivity contribution in [2.45, 2.75) is 12.5 Å². The number of hydrogen-bond donors (Lipinski definition) is 0. The summed E-state index contributed by atoms with van der Waals surface area (Å²) in [6.07, 6.45) is 1.85. The molecule has 0 spiro atoms. The van der Waals surface area contributed by atoms with Crippen LogP contribution in [0, 0.1) is 11.6 Å². The van der Waals surface area contributed by atoms with Gasteiger partial charge in [-0.3, -0.25) is 4.79 Å². The highest BCUT2D eigenvalue weighted by atomic mass is 35.5. The van der Waals surface area contributed by atoms with E-state index in [9.17, 15) is 18.4 Å². The molecular weight excluding hydrogens is 458 g/mol. The van der Waals surface area contributed by atoms with Gasteiger partial charge in [0.1, 0.15) is 17.6 Å². The number of methoxy groups -OCH3 is 1. The van der Waals surface area contributed by atoms with Crippen molar-refractivity contribution in [1.29, 1.82) is 0 Å². The van der Waals surface area contributed by atoms with Gasteiger partial charge in [0.2, 0.25) is 0 Å². The zero-order valence-electron chi connectivity index (χ0n) is 17.3. The summed E-state index contributed by atoms with van der Waals surface area (Å²) in [7, 11) is 1.56. The van der Waals surface area contributed by atoms with E-state index in [1.165, 1.54) is 11.3 Å². The first-order chi connectivity index (χ1) is 15.9. The van der Waals surface area contributed by atoms with Crippen molar-refractivity contribution in [1.82, 2.24) is 5.01 Å². The van der Waals surface area contributed by atoms with Crippen LogP contribution < -0.4 is 4.74 Å². The molecule has 2 aromatic carbocycles. The number of hydrazone groups is 1. The van der Waals surface area contributed by atoms with Gasteiger partial charge in [-0.25, -0.2) is 18.6 Å². The molecule has 0 radical (unpaired) electrons. The van der Waals surface area contributed by atoms with Gasteiger partial charge in [-0.05, 0) is 54.1 Å². The van der Waals surface area contributed by atoms with Crippen molar-refractivity contribution in [2.24, 2.45) is 5.10 Å². The topological polar surface area (TPSA) is 81.3 Å². The number of hydrogen-bond acceptors (Lipinski definition) is 6. The number of benzene rings is 2. The van der Waals surface area contributed by atoms with E-state index in [4.69, 9.17) is 25.5 Å². The first kappa shape index (κ1) is 22.5. The van der Waals surface area contributed by atoms with Crippen molar-refractivity contribution in [2.75, 3.05) is 13.7 Å². The van der Waals surface area contributed by atoms with Crippen LogP contribution in [0.3, 0.4) is 0 Å². The van der Waals surface area contributed by atoms with E-state index in [1.807, 2.05) is 12.1 Å². The van der Waals surface area contributed by atoms with E-state index in [-0.39, 0.29) is 5.02 Å². The zero-order chi connectivity index (χ0) is 23.5. The molecule has 10 heteroatoms. The fourth-order valence-electron chi connectivity index (χ4n) is 3.35. The Morgan fingerprint density at radius 3 is 2.58 bits per heavy atom. The molecule has 0 aliphatic carbocycles. The molecule has 3 aromatic rings. The van der Waals surface area contributed by atoms with Gasteiger partial charge in [-0.15, -0.1) is 0 Å². The highest BCUT2D eigenvalue weighted by molar-refractivity contribution is 6.33. The summed E-state index contributed by atoms with van der Waals surface area (Å²) in [5, 5.41) is 5.26. The van der Waals surface area contributed by atoms with Gasteiger partial charge in [0, 0.05) is 6.42 Å². The van der Waals surface area contributed by atoms with Crippen LogP contribution in [-0.2, 0) is 9.53 Å². The number of esters is 1. The molecule has 0 saturated carbocycles. The average molecular weight is 475 g/mol. The molecule has 0 fully saturated rings. The second kappa shape index (κ2) is 9.41. The Kier molecular flexibility index (Phi) is 6.41. The predicted octanol–water partition coefficient (Wildman–Crippen LogP) is 4.75. The van der Waals surface area contributed by atoms with Crippen molar-refractivity contribution >= 4 is 29.2 Å². The molecule has 33 heavy (non-hydrogen) atoms. The lowest BCUT2D eigenvalue weighted by atomic mass is 10.0. The van der Waals surface area contributed by atoms with Gasteiger partial charge in [0.25, 0.3) is 5.91 Å². The zero-order valence-corrected chi connectivity index (χ0v) is 18.0. The van der Waals surface area contributed by atoms with Crippen molar-refractivity contribution in [3.63, 3.8) is 0 Å². The molecule has 7 nitrogen and oxygen atoms in total. The summed E-state index contributed by atoms with van der Waals surface area (Å²) < 4.78 is 42.3. The van der Waals surface area contributed by atoms with Gasteiger partial charge in [-0.1, -0.05) is 11.6 Å². The van der Waals surface area contributed by atoms with Crippen LogP contribution in [0.15, 0.2) is 64.3 Å². The van der Waals surface area contributed by atoms with Crippen LogP contribution in [0.4, 0.5) is 8.78 Å². The van der Waals surface area contributed by atoms with E-state index in [2.05, 4.69) is 5.10 Å². The lowest BCUT2D eigenvalue weighted by Crippen LogP contribution is -2.31. The minimum absolute atomic E-state index is 0.333. The number of carbonyl (C=O) groups is 2. The molecular formula is C23H17ClF2N2O5. The minimum Gasteiger partial charge on any atom is -0.497 e. The van der Waals surface area contributed by atoms with E-state index in [0.717, 1.165) is 5.56 Å². The summed E-state index contributed by atoms with van der Waals surface area (Å²) in [5.74, 6) is -2.98. The van der Waals surface area contributed by atoms with E-state index in [1.54, 1.807) is 31.4 Å². The molecule has 2 heterocycles. The Morgan fingerprint density at radius 2 is 1.91 bits per heavy atom. The largest absolute Gasteiger partial charge is 0.497 e. The third-order valence-electron chi connectivity index (χ3n) is 5.02. The summed E-state index contributed by atoms with van der Waals surface area (Å²) in [4.78, 5) is 25.2. The molecule has 170 valence electrons. The molecule has 1 aliphatic rings. The van der Waals surface area contributed by atoms with Gasteiger partial charge >= 0.3 is 5.97 Å². The Bertz CT molecular complexity index is 1210. The molecule has 1 aromatic heterocycles. The number of furan rings is 1. The number of ether oxygens (including phenoxy) is 2. The third kappa shape index (κ3) is 4.73. The summed E-state index contributed by atoms with van der Waals surface area (Å²) in [6.45, 7) is -0.690. The van der Waals surface area contributed by atoms with E-state index < -0.39 is 41.7 Å². The molecule has 1 aliphatic heterocycles.